The number of hydrogen-bond acceptors (Lipinski definition) is 3. The smallest absolute Gasteiger partial charge is 0.255 e. The van der Waals surface area contributed by atoms with Crippen molar-refractivity contribution in [2.75, 3.05) is 17.2 Å². The van der Waals surface area contributed by atoms with E-state index in [2.05, 4.69) is 26.6 Å². The number of nitrogens with one attached hydrogen (secondary N) is 2. The lowest BCUT2D eigenvalue weighted by atomic mass is 10.1. The molecule has 1 heterocycles. The molecule has 0 aromatic heterocycles. The lowest BCUT2D eigenvalue weighted by Gasteiger charge is -2.12. The first-order chi connectivity index (χ1) is 12.0. The van der Waals surface area contributed by atoms with Gasteiger partial charge in [-0.25, -0.2) is 0 Å². The third-order valence-electron chi connectivity index (χ3n) is 4.04. The lowest BCUT2D eigenvalue weighted by Crippen LogP contribution is -2.27. The minimum atomic E-state index is -0.401. The molecule has 2 amide bonds. The number of amides is 2. The first kappa shape index (κ1) is 17.6. The first-order valence-electron chi connectivity index (χ1n) is 8.13. The van der Waals surface area contributed by atoms with Gasteiger partial charge in [0.15, 0.2) is 0 Å². The fraction of sp³-hybridized carbons (Fsp3) is 0.263. The molecule has 1 aliphatic heterocycles. The second-order valence-corrected chi connectivity index (χ2v) is 6.84. The zero-order valence-corrected chi connectivity index (χ0v) is 15.4. The molecular weight excluding hydrogens is 384 g/mol. The zero-order valence-electron chi connectivity index (χ0n) is 13.8. The standard InChI is InChI=1S/C19H19BrN2O3/c1-12-7-8-15(11-16(12)20)21-18(23)13-4-2-5-14(10-13)22-19(24)17-6-3-9-25-17/h2,4-5,7-8,10-11,17H,3,6,9H2,1H3,(H,21,23)(H,22,24)/t17-/m1/s1. The SMILES string of the molecule is Cc1ccc(NC(=O)c2cccc(NC(=O)[C@H]3CCCO3)c2)cc1Br. The van der Waals surface area contributed by atoms with E-state index in [-0.39, 0.29) is 11.8 Å². The van der Waals surface area contributed by atoms with Crippen LogP contribution in [-0.2, 0) is 9.53 Å². The summed E-state index contributed by atoms with van der Waals surface area (Å²) in [5.41, 5.74) is 2.85. The summed E-state index contributed by atoms with van der Waals surface area (Å²) < 4.78 is 6.30. The third kappa shape index (κ3) is 4.46. The van der Waals surface area contributed by atoms with Gasteiger partial charge in [-0.05, 0) is 55.7 Å². The molecule has 1 fully saturated rings. The van der Waals surface area contributed by atoms with Gasteiger partial charge in [-0.1, -0.05) is 28.1 Å². The Bertz CT molecular complexity index is 801. The van der Waals surface area contributed by atoms with Crippen LogP contribution in [0.4, 0.5) is 11.4 Å². The molecule has 0 bridgehead atoms. The van der Waals surface area contributed by atoms with Crippen LogP contribution in [0.25, 0.3) is 0 Å². The highest BCUT2D eigenvalue weighted by atomic mass is 79.9. The summed E-state index contributed by atoms with van der Waals surface area (Å²) in [4.78, 5) is 24.6. The van der Waals surface area contributed by atoms with E-state index in [4.69, 9.17) is 4.74 Å². The van der Waals surface area contributed by atoms with Crippen LogP contribution < -0.4 is 10.6 Å². The number of benzene rings is 2. The van der Waals surface area contributed by atoms with Gasteiger partial charge in [0, 0.05) is 28.0 Å². The number of carbonyl (C=O) groups is 2. The molecule has 130 valence electrons. The number of rotatable bonds is 4. The lowest BCUT2D eigenvalue weighted by molar-refractivity contribution is -0.124. The minimum absolute atomic E-state index is 0.169. The van der Waals surface area contributed by atoms with Gasteiger partial charge in [-0.3, -0.25) is 9.59 Å². The van der Waals surface area contributed by atoms with Crippen molar-refractivity contribution in [3.8, 4) is 0 Å². The summed E-state index contributed by atoms with van der Waals surface area (Å²) in [6.07, 6.45) is 1.23. The molecule has 5 nitrogen and oxygen atoms in total. The second kappa shape index (κ2) is 7.80. The van der Waals surface area contributed by atoms with Crippen LogP contribution in [0.15, 0.2) is 46.9 Å². The predicted molar refractivity (Wildman–Crippen MR) is 101 cm³/mol. The summed E-state index contributed by atoms with van der Waals surface area (Å²) in [7, 11) is 0. The number of aryl methyl sites for hydroxylation is 1. The molecular formula is C19H19BrN2O3. The van der Waals surface area contributed by atoms with Crippen LogP contribution >= 0.6 is 15.9 Å². The summed E-state index contributed by atoms with van der Waals surface area (Å²) in [6.45, 7) is 2.60. The van der Waals surface area contributed by atoms with Gasteiger partial charge >= 0.3 is 0 Å². The van der Waals surface area contributed by atoms with Crippen molar-refractivity contribution >= 4 is 39.1 Å². The van der Waals surface area contributed by atoms with Crippen molar-refractivity contribution in [1.29, 1.82) is 0 Å². The Labute approximate surface area is 154 Å². The molecule has 0 radical (unpaired) electrons. The molecule has 0 unspecified atom stereocenters. The van der Waals surface area contributed by atoms with Crippen molar-refractivity contribution in [3.63, 3.8) is 0 Å². The monoisotopic (exact) mass is 402 g/mol. The average molecular weight is 403 g/mol. The molecule has 3 rings (SSSR count). The number of hydrogen-bond donors (Lipinski definition) is 2. The van der Waals surface area contributed by atoms with Gasteiger partial charge < -0.3 is 15.4 Å². The summed E-state index contributed by atoms with van der Waals surface area (Å²) in [5, 5.41) is 5.66. The van der Waals surface area contributed by atoms with E-state index in [1.165, 1.54) is 0 Å². The third-order valence-corrected chi connectivity index (χ3v) is 4.90. The van der Waals surface area contributed by atoms with E-state index in [9.17, 15) is 9.59 Å². The van der Waals surface area contributed by atoms with Gasteiger partial charge in [0.2, 0.25) is 0 Å². The van der Waals surface area contributed by atoms with Gasteiger partial charge in [0.25, 0.3) is 11.8 Å². The number of carbonyl (C=O) groups excluding carboxylic acids is 2. The molecule has 6 heteroatoms. The van der Waals surface area contributed by atoms with Gasteiger partial charge in [-0.15, -0.1) is 0 Å². The summed E-state index contributed by atoms with van der Waals surface area (Å²) >= 11 is 3.45. The quantitative estimate of drug-likeness (QED) is 0.807. The van der Waals surface area contributed by atoms with E-state index in [1.807, 2.05) is 25.1 Å². The fourth-order valence-corrected chi connectivity index (χ4v) is 3.00. The van der Waals surface area contributed by atoms with E-state index in [1.54, 1.807) is 24.3 Å². The van der Waals surface area contributed by atoms with Gasteiger partial charge in [0.05, 0.1) is 0 Å². The maximum absolute atomic E-state index is 12.4. The predicted octanol–water partition coefficient (Wildman–Crippen LogP) is 4.13. The molecule has 1 aliphatic rings. The normalized spacial score (nSPS) is 16.5. The number of ether oxygens (including phenoxy) is 1. The van der Waals surface area contributed by atoms with Crippen LogP contribution in [0.2, 0.25) is 0 Å². The second-order valence-electron chi connectivity index (χ2n) is 5.99. The summed E-state index contributed by atoms with van der Waals surface area (Å²) in [6, 6.07) is 12.5. The zero-order chi connectivity index (χ0) is 17.8. The van der Waals surface area contributed by atoms with E-state index >= 15 is 0 Å². The van der Waals surface area contributed by atoms with Crippen LogP contribution in [0.1, 0.15) is 28.8 Å². The molecule has 0 saturated carbocycles. The van der Waals surface area contributed by atoms with Crippen molar-refractivity contribution in [2.45, 2.75) is 25.9 Å². The average Bonchev–Trinajstić information content (AvgIpc) is 3.13. The fourth-order valence-electron chi connectivity index (χ4n) is 2.62. The van der Waals surface area contributed by atoms with Gasteiger partial charge in [0.1, 0.15) is 6.10 Å². The van der Waals surface area contributed by atoms with E-state index in [0.29, 0.717) is 23.5 Å². The maximum atomic E-state index is 12.4. The molecule has 0 spiro atoms. The molecule has 2 N–H and O–H groups in total. The molecule has 2 aromatic carbocycles. The highest BCUT2D eigenvalue weighted by molar-refractivity contribution is 9.10. The van der Waals surface area contributed by atoms with Crippen molar-refractivity contribution in [1.82, 2.24) is 0 Å². The topological polar surface area (TPSA) is 67.4 Å². The maximum Gasteiger partial charge on any atom is 0.255 e. The molecule has 2 aromatic rings. The Morgan fingerprint density at radius 2 is 1.92 bits per heavy atom. The van der Waals surface area contributed by atoms with Gasteiger partial charge in [-0.2, -0.15) is 0 Å². The largest absolute Gasteiger partial charge is 0.368 e. The summed E-state index contributed by atoms with van der Waals surface area (Å²) in [5.74, 6) is -0.401. The Balaban J connectivity index is 1.68. The van der Waals surface area contributed by atoms with Crippen LogP contribution in [0, 0.1) is 6.92 Å². The molecule has 1 saturated heterocycles. The van der Waals surface area contributed by atoms with Crippen LogP contribution in [0.5, 0.6) is 0 Å². The Morgan fingerprint density at radius 1 is 1.12 bits per heavy atom. The van der Waals surface area contributed by atoms with Crippen molar-refractivity contribution < 1.29 is 14.3 Å². The highest BCUT2D eigenvalue weighted by Crippen LogP contribution is 2.22. The van der Waals surface area contributed by atoms with Crippen molar-refractivity contribution in [2.24, 2.45) is 0 Å². The molecule has 0 aliphatic carbocycles. The van der Waals surface area contributed by atoms with Crippen LogP contribution in [0.3, 0.4) is 0 Å². The van der Waals surface area contributed by atoms with E-state index < -0.39 is 6.10 Å². The van der Waals surface area contributed by atoms with Crippen molar-refractivity contribution in [3.05, 3.63) is 58.1 Å². The Hall–Kier alpha value is -2.18. The van der Waals surface area contributed by atoms with E-state index in [0.717, 1.165) is 22.9 Å². The van der Waals surface area contributed by atoms with Crippen LogP contribution in [-0.4, -0.2) is 24.5 Å². The first-order valence-corrected chi connectivity index (χ1v) is 8.92. The Kier molecular flexibility index (Phi) is 5.50. The Morgan fingerprint density at radius 3 is 2.64 bits per heavy atom. The number of halogens is 1. The molecule has 1 atom stereocenters. The molecule has 25 heavy (non-hydrogen) atoms. The minimum Gasteiger partial charge on any atom is -0.368 e. The highest BCUT2D eigenvalue weighted by Gasteiger charge is 2.23. The number of anilines is 2.